The predicted molar refractivity (Wildman–Crippen MR) is 148 cm³/mol. The van der Waals surface area contributed by atoms with E-state index in [0.717, 1.165) is 23.2 Å². The molecule has 3 heteroatoms. The summed E-state index contributed by atoms with van der Waals surface area (Å²) in [5.74, 6) is -0.00873. The Bertz CT molecular complexity index is 1210. The van der Waals surface area contributed by atoms with E-state index < -0.39 is 0 Å². The van der Waals surface area contributed by atoms with Crippen molar-refractivity contribution in [2.75, 3.05) is 43.7 Å². The molecule has 3 nitrogen and oxygen atoms in total. The highest BCUT2D eigenvalue weighted by Gasteiger charge is 2.27. The molecule has 0 atom stereocenters. The van der Waals surface area contributed by atoms with Crippen molar-refractivity contribution in [3.8, 4) is 11.1 Å². The summed E-state index contributed by atoms with van der Waals surface area (Å²) in [5, 5.41) is 0. The van der Waals surface area contributed by atoms with Gasteiger partial charge in [-0.25, -0.2) is 0 Å². The summed E-state index contributed by atoms with van der Waals surface area (Å²) in [6, 6.07) is 32.4. The summed E-state index contributed by atoms with van der Waals surface area (Å²) >= 11 is 0. The summed E-state index contributed by atoms with van der Waals surface area (Å²) in [5.41, 5.74) is 17.6. The number of rotatable bonds is 7. The summed E-state index contributed by atoms with van der Waals surface area (Å²) in [4.78, 5) is 4.38. The van der Waals surface area contributed by atoms with Crippen LogP contribution >= 0.6 is 0 Å². The fraction of sp³-hybridized carbons (Fsp3) is 0.226. The molecule has 0 radical (unpaired) electrons. The Morgan fingerprint density at radius 2 is 1.12 bits per heavy atom. The minimum Gasteiger partial charge on any atom is -0.398 e. The van der Waals surface area contributed by atoms with Gasteiger partial charge in [0.25, 0.3) is 0 Å². The zero-order chi connectivity index (χ0) is 24.2. The molecule has 0 aromatic heterocycles. The van der Waals surface area contributed by atoms with Crippen molar-refractivity contribution in [2.45, 2.75) is 19.3 Å². The Hall–Kier alpha value is -3.72. The van der Waals surface area contributed by atoms with Crippen molar-refractivity contribution in [1.29, 1.82) is 0 Å². The van der Waals surface area contributed by atoms with Gasteiger partial charge in [-0.2, -0.15) is 0 Å². The number of benzene rings is 4. The van der Waals surface area contributed by atoms with Gasteiger partial charge in [-0.05, 0) is 46.4 Å². The minimum atomic E-state index is -0.00873. The summed E-state index contributed by atoms with van der Waals surface area (Å²) in [6.07, 6.45) is 0.932. The molecule has 34 heavy (non-hydrogen) atoms. The number of para-hydroxylation sites is 2. The van der Waals surface area contributed by atoms with Crippen molar-refractivity contribution < 1.29 is 0 Å². The van der Waals surface area contributed by atoms with E-state index in [1.807, 2.05) is 0 Å². The Labute approximate surface area is 204 Å². The molecule has 0 aliphatic carbocycles. The molecule has 0 aliphatic heterocycles. The topological polar surface area (TPSA) is 32.5 Å². The van der Waals surface area contributed by atoms with Gasteiger partial charge in [-0.15, -0.1) is 0 Å². The van der Waals surface area contributed by atoms with Crippen LogP contribution in [0.2, 0.25) is 0 Å². The van der Waals surface area contributed by atoms with Crippen LogP contribution in [0.5, 0.6) is 0 Å². The summed E-state index contributed by atoms with van der Waals surface area (Å²) in [7, 11) is 8.42. The van der Waals surface area contributed by atoms with Crippen molar-refractivity contribution in [3.63, 3.8) is 0 Å². The second-order valence-electron chi connectivity index (χ2n) is 9.16. The maximum Gasteiger partial charge on any atom is 0.0438 e. The molecule has 0 fully saturated rings. The Morgan fingerprint density at radius 3 is 1.62 bits per heavy atom. The Morgan fingerprint density at radius 1 is 0.618 bits per heavy atom. The molecule has 0 heterocycles. The van der Waals surface area contributed by atoms with Crippen LogP contribution in [-0.2, 0) is 6.42 Å². The van der Waals surface area contributed by atoms with Gasteiger partial charge in [0.2, 0.25) is 0 Å². The molecule has 0 saturated carbocycles. The quantitative estimate of drug-likeness (QED) is 0.248. The van der Waals surface area contributed by atoms with Crippen molar-refractivity contribution in [3.05, 3.63) is 113 Å². The number of nitrogens with two attached hydrogens (primary N) is 1. The Kier molecular flexibility index (Phi) is 6.93. The van der Waals surface area contributed by atoms with Gasteiger partial charge in [0.15, 0.2) is 0 Å². The van der Waals surface area contributed by atoms with Crippen molar-refractivity contribution >= 4 is 17.1 Å². The highest BCUT2D eigenvalue weighted by atomic mass is 15.1. The van der Waals surface area contributed by atoms with Crippen LogP contribution in [0.4, 0.5) is 17.1 Å². The highest BCUT2D eigenvalue weighted by molar-refractivity contribution is 5.84. The van der Waals surface area contributed by atoms with Crippen LogP contribution in [0.15, 0.2) is 91.0 Å². The third kappa shape index (κ3) is 4.38. The number of nitrogen functional groups attached to an aromatic ring is 1. The van der Waals surface area contributed by atoms with Gasteiger partial charge in [0.1, 0.15) is 0 Å². The third-order valence-corrected chi connectivity index (χ3v) is 6.58. The SMILES string of the molecule is CCc1ccc(C(c2ccccc2N(C)C)c2ccccc2N(C)C)c(N)c1-c1ccccc1. The highest BCUT2D eigenvalue weighted by Crippen LogP contribution is 2.45. The molecule has 0 unspecified atom stereocenters. The monoisotopic (exact) mass is 449 g/mol. The average Bonchev–Trinajstić information content (AvgIpc) is 2.86. The van der Waals surface area contributed by atoms with Gasteiger partial charge in [-0.1, -0.05) is 85.8 Å². The van der Waals surface area contributed by atoms with E-state index in [0.29, 0.717) is 0 Å². The van der Waals surface area contributed by atoms with Crippen LogP contribution < -0.4 is 15.5 Å². The normalized spacial score (nSPS) is 11.0. The molecule has 0 aliphatic rings. The van der Waals surface area contributed by atoms with Gasteiger partial charge in [0.05, 0.1) is 0 Å². The zero-order valence-corrected chi connectivity index (χ0v) is 20.9. The average molecular weight is 450 g/mol. The molecule has 0 spiro atoms. The summed E-state index contributed by atoms with van der Waals surface area (Å²) < 4.78 is 0. The molecule has 4 aromatic rings. The van der Waals surface area contributed by atoms with Gasteiger partial charge >= 0.3 is 0 Å². The first-order valence-corrected chi connectivity index (χ1v) is 11.9. The van der Waals surface area contributed by atoms with Crippen molar-refractivity contribution in [1.82, 2.24) is 0 Å². The van der Waals surface area contributed by atoms with Gasteiger partial charge in [-0.3, -0.25) is 0 Å². The fourth-order valence-corrected chi connectivity index (χ4v) is 4.95. The van der Waals surface area contributed by atoms with Gasteiger partial charge in [0, 0.05) is 56.7 Å². The van der Waals surface area contributed by atoms with Crippen LogP contribution in [0.1, 0.15) is 35.1 Å². The van der Waals surface area contributed by atoms with Crippen LogP contribution in [0.25, 0.3) is 11.1 Å². The molecule has 0 bridgehead atoms. The number of nitrogens with zero attached hydrogens (tertiary/aromatic N) is 2. The second-order valence-corrected chi connectivity index (χ2v) is 9.16. The lowest BCUT2D eigenvalue weighted by Gasteiger charge is -2.30. The van der Waals surface area contributed by atoms with E-state index >= 15 is 0 Å². The van der Waals surface area contributed by atoms with Gasteiger partial charge < -0.3 is 15.5 Å². The number of aryl methyl sites for hydroxylation is 1. The zero-order valence-electron chi connectivity index (χ0n) is 20.9. The van der Waals surface area contributed by atoms with E-state index in [9.17, 15) is 0 Å². The standard InChI is InChI=1S/C31H35N3/c1-6-22-20-21-26(31(32)29(22)23-14-8-7-9-15-23)30(24-16-10-12-18-27(24)33(2)3)25-17-11-13-19-28(25)34(4)5/h7-21,30H,6,32H2,1-5H3. The lowest BCUT2D eigenvalue weighted by atomic mass is 9.80. The first-order valence-electron chi connectivity index (χ1n) is 11.9. The fourth-order valence-electron chi connectivity index (χ4n) is 4.95. The second kappa shape index (κ2) is 10.0. The van der Waals surface area contributed by atoms with E-state index in [1.165, 1.54) is 33.6 Å². The molecule has 0 saturated heterocycles. The smallest absolute Gasteiger partial charge is 0.0438 e. The molecular weight excluding hydrogens is 414 g/mol. The molecule has 4 rings (SSSR count). The van der Waals surface area contributed by atoms with Crippen LogP contribution in [-0.4, -0.2) is 28.2 Å². The summed E-state index contributed by atoms with van der Waals surface area (Å²) in [6.45, 7) is 2.20. The molecule has 2 N–H and O–H groups in total. The van der Waals surface area contributed by atoms with E-state index in [1.54, 1.807) is 0 Å². The first kappa shape index (κ1) is 23.4. The van der Waals surface area contributed by atoms with E-state index in [2.05, 4.69) is 136 Å². The third-order valence-electron chi connectivity index (χ3n) is 6.58. The number of hydrogen-bond acceptors (Lipinski definition) is 3. The molecule has 4 aromatic carbocycles. The minimum absolute atomic E-state index is 0.00873. The largest absolute Gasteiger partial charge is 0.398 e. The van der Waals surface area contributed by atoms with E-state index in [4.69, 9.17) is 5.73 Å². The maximum absolute atomic E-state index is 7.09. The lowest BCUT2D eigenvalue weighted by Crippen LogP contribution is -2.18. The lowest BCUT2D eigenvalue weighted by molar-refractivity contribution is 0.944. The molecular formula is C31H35N3. The predicted octanol–water partition coefficient (Wildman–Crippen LogP) is 6.81. The van der Waals surface area contributed by atoms with Crippen LogP contribution in [0.3, 0.4) is 0 Å². The molecule has 174 valence electrons. The van der Waals surface area contributed by atoms with E-state index in [-0.39, 0.29) is 5.92 Å². The maximum atomic E-state index is 7.09. The molecule has 0 amide bonds. The first-order chi connectivity index (χ1) is 16.4. The number of hydrogen-bond donors (Lipinski definition) is 1. The Balaban J connectivity index is 2.06. The number of anilines is 3. The van der Waals surface area contributed by atoms with Crippen LogP contribution in [0, 0.1) is 0 Å². The van der Waals surface area contributed by atoms with Crippen molar-refractivity contribution in [2.24, 2.45) is 0 Å².